The van der Waals surface area contributed by atoms with Crippen molar-refractivity contribution in [3.8, 4) is 0 Å². The summed E-state index contributed by atoms with van der Waals surface area (Å²) in [5.74, 6) is 0.0487. The van der Waals surface area contributed by atoms with Crippen molar-refractivity contribution in [3.05, 3.63) is 45.4 Å². The highest BCUT2D eigenvalue weighted by Gasteiger charge is 2.36. The quantitative estimate of drug-likeness (QED) is 0.737. The van der Waals surface area contributed by atoms with E-state index in [0.29, 0.717) is 37.0 Å². The maximum atomic E-state index is 12.9. The van der Waals surface area contributed by atoms with Gasteiger partial charge in [-0.1, -0.05) is 28.1 Å². The van der Waals surface area contributed by atoms with Gasteiger partial charge >= 0.3 is 0 Å². The molecule has 1 aromatic heterocycles. The number of anilines is 1. The molecule has 0 bridgehead atoms. The Morgan fingerprint density at radius 3 is 2.89 bits per heavy atom. The Hall–Kier alpha value is -1.77. The van der Waals surface area contributed by atoms with Crippen molar-refractivity contribution in [1.29, 1.82) is 0 Å². The van der Waals surface area contributed by atoms with Crippen LogP contribution in [0.5, 0.6) is 0 Å². The van der Waals surface area contributed by atoms with Gasteiger partial charge in [0.2, 0.25) is 11.8 Å². The van der Waals surface area contributed by atoms with E-state index >= 15 is 0 Å². The Morgan fingerprint density at radius 1 is 1.36 bits per heavy atom. The van der Waals surface area contributed by atoms with Crippen LogP contribution >= 0.6 is 27.3 Å². The van der Waals surface area contributed by atoms with E-state index in [1.54, 1.807) is 4.90 Å². The first-order valence-corrected chi connectivity index (χ1v) is 11.1. The van der Waals surface area contributed by atoms with Gasteiger partial charge in [0, 0.05) is 36.0 Å². The minimum absolute atomic E-state index is 0.0635. The molecule has 0 radical (unpaired) electrons. The number of benzene rings is 1. The van der Waals surface area contributed by atoms with E-state index in [0.717, 1.165) is 29.3 Å². The minimum atomic E-state index is -0.428. The van der Waals surface area contributed by atoms with Crippen LogP contribution in [0.1, 0.15) is 36.9 Å². The molecule has 4 rings (SSSR count). The first-order chi connectivity index (χ1) is 13.6. The van der Waals surface area contributed by atoms with Crippen LogP contribution in [0.15, 0.2) is 34.1 Å². The molecule has 0 atom stereocenters. The lowest BCUT2D eigenvalue weighted by molar-refractivity contribution is -0.124. The average molecular weight is 464 g/mol. The monoisotopic (exact) mass is 463 g/mol. The summed E-state index contributed by atoms with van der Waals surface area (Å²) in [7, 11) is 0. The lowest BCUT2D eigenvalue weighted by atomic mass is 9.82. The summed E-state index contributed by atoms with van der Waals surface area (Å²) in [5, 5.41) is 5.82. The van der Waals surface area contributed by atoms with Gasteiger partial charge in [0.15, 0.2) is 5.13 Å². The van der Waals surface area contributed by atoms with Crippen LogP contribution in [0, 0.1) is 0 Å². The van der Waals surface area contributed by atoms with Crippen LogP contribution in [-0.4, -0.2) is 36.6 Å². The molecule has 3 heterocycles. The largest absolute Gasteiger partial charge is 0.381 e. The summed E-state index contributed by atoms with van der Waals surface area (Å²) >= 11 is 4.95. The predicted octanol–water partition coefficient (Wildman–Crippen LogP) is 3.40. The number of carbonyl (C=O) groups excluding carboxylic acids is 2. The Morgan fingerprint density at radius 2 is 2.18 bits per heavy atom. The van der Waals surface area contributed by atoms with Crippen LogP contribution < -0.4 is 10.2 Å². The fraction of sp³-hybridized carbons (Fsp3) is 0.450. The number of hydrogen-bond acceptors (Lipinski definition) is 5. The summed E-state index contributed by atoms with van der Waals surface area (Å²) in [6.07, 6.45) is 3.12. The topological polar surface area (TPSA) is 71.5 Å². The second-order valence-electron chi connectivity index (χ2n) is 7.20. The maximum Gasteiger partial charge on any atom is 0.228 e. The zero-order chi connectivity index (χ0) is 19.6. The van der Waals surface area contributed by atoms with Crippen molar-refractivity contribution in [1.82, 2.24) is 10.3 Å². The van der Waals surface area contributed by atoms with Gasteiger partial charge in [-0.2, -0.15) is 0 Å². The normalized spacial score (nSPS) is 19.0. The van der Waals surface area contributed by atoms with Gasteiger partial charge in [0.25, 0.3) is 0 Å². The van der Waals surface area contributed by atoms with Gasteiger partial charge in [-0.05, 0) is 37.0 Å². The van der Waals surface area contributed by atoms with Gasteiger partial charge in [-0.25, -0.2) is 4.98 Å². The van der Waals surface area contributed by atoms with Gasteiger partial charge in [0.1, 0.15) is 0 Å². The number of rotatable bonds is 5. The molecule has 2 amide bonds. The van der Waals surface area contributed by atoms with E-state index < -0.39 is 5.54 Å². The summed E-state index contributed by atoms with van der Waals surface area (Å²) in [6.45, 7) is 1.94. The number of nitrogens with zero attached hydrogens (tertiary/aromatic N) is 2. The van der Waals surface area contributed by atoms with Crippen LogP contribution in [0.2, 0.25) is 0 Å². The molecule has 0 saturated carbocycles. The van der Waals surface area contributed by atoms with Gasteiger partial charge in [-0.15, -0.1) is 11.3 Å². The number of thiazole rings is 1. The zero-order valence-electron chi connectivity index (χ0n) is 15.4. The number of halogens is 1. The Kier molecular flexibility index (Phi) is 5.80. The third-order valence-corrected chi connectivity index (χ3v) is 6.69. The van der Waals surface area contributed by atoms with Crippen molar-refractivity contribution in [2.45, 2.75) is 37.6 Å². The summed E-state index contributed by atoms with van der Waals surface area (Å²) in [4.78, 5) is 31.0. The fourth-order valence-corrected chi connectivity index (χ4v) is 5.09. The van der Waals surface area contributed by atoms with Crippen LogP contribution in [0.3, 0.4) is 0 Å². The second kappa shape index (κ2) is 8.31. The molecule has 0 unspecified atom stereocenters. The number of amides is 2. The zero-order valence-corrected chi connectivity index (χ0v) is 17.9. The fourth-order valence-electron chi connectivity index (χ4n) is 3.82. The third-order valence-electron chi connectivity index (χ3n) is 5.29. The SMILES string of the molecule is O=C(Cc1csc(N2CCCC2=O)n1)NC1(c2cccc(Br)c2)CCOCC1. The van der Waals surface area contributed by atoms with Crippen molar-refractivity contribution < 1.29 is 14.3 Å². The van der Waals surface area contributed by atoms with Crippen molar-refractivity contribution >= 4 is 44.2 Å². The van der Waals surface area contributed by atoms with Crippen LogP contribution in [-0.2, 0) is 26.3 Å². The predicted molar refractivity (Wildman–Crippen MR) is 111 cm³/mol. The maximum absolute atomic E-state index is 12.9. The van der Waals surface area contributed by atoms with E-state index in [4.69, 9.17) is 4.74 Å². The van der Waals surface area contributed by atoms with Gasteiger partial charge in [0.05, 0.1) is 17.7 Å². The lowest BCUT2D eigenvalue weighted by Crippen LogP contribution is -2.50. The van der Waals surface area contributed by atoms with E-state index in [-0.39, 0.29) is 18.2 Å². The van der Waals surface area contributed by atoms with Crippen LogP contribution in [0.4, 0.5) is 5.13 Å². The first kappa shape index (κ1) is 19.5. The molecule has 148 valence electrons. The van der Waals surface area contributed by atoms with Crippen molar-refractivity contribution in [2.24, 2.45) is 0 Å². The number of ether oxygens (including phenoxy) is 1. The highest BCUT2D eigenvalue weighted by atomic mass is 79.9. The molecule has 2 aliphatic heterocycles. The Labute approximate surface area is 176 Å². The molecule has 28 heavy (non-hydrogen) atoms. The minimum Gasteiger partial charge on any atom is -0.381 e. The van der Waals surface area contributed by atoms with Crippen LogP contribution in [0.25, 0.3) is 0 Å². The molecule has 2 saturated heterocycles. The molecular weight excluding hydrogens is 442 g/mol. The third kappa shape index (κ3) is 4.14. The van der Waals surface area contributed by atoms with Crippen molar-refractivity contribution in [3.63, 3.8) is 0 Å². The highest BCUT2D eigenvalue weighted by Crippen LogP contribution is 2.34. The Balaban J connectivity index is 1.48. The molecule has 2 fully saturated rings. The molecule has 0 aliphatic carbocycles. The summed E-state index contributed by atoms with van der Waals surface area (Å²) < 4.78 is 6.53. The number of carbonyl (C=O) groups is 2. The average Bonchev–Trinajstić information content (AvgIpc) is 3.31. The molecule has 1 N–H and O–H groups in total. The Bertz CT molecular complexity index is 879. The highest BCUT2D eigenvalue weighted by molar-refractivity contribution is 9.10. The smallest absolute Gasteiger partial charge is 0.228 e. The lowest BCUT2D eigenvalue weighted by Gasteiger charge is -2.38. The molecule has 0 spiro atoms. The van der Waals surface area contributed by atoms with E-state index in [9.17, 15) is 9.59 Å². The molecule has 2 aliphatic rings. The summed E-state index contributed by atoms with van der Waals surface area (Å²) in [5.41, 5.74) is 1.36. The molecule has 2 aromatic rings. The standard InChI is InChI=1S/C20H22BrN3O3S/c21-15-4-1-3-14(11-15)20(6-9-27-10-7-20)23-17(25)12-16-13-28-19(22-16)24-8-2-5-18(24)26/h1,3-4,11,13H,2,5-10,12H2,(H,23,25). The number of nitrogens with one attached hydrogen (secondary N) is 1. The molecule has 6 nitrogen and oxygen atoms in total. The summed E-state index contributed by atoms with van der Waals surface area (Å²) in [6, 6.07) is 8.08. The molecular formula is C20H22BrN3O3S. The molecule has 1 aromatic carbocycles. The number of aromatic nitrogens is 1. The van der Waals surface area contributed by atoms with E-state index in [2.05, 4.69) is 38.4 Å². The van der Waals surface area contributed by atoms with Gasteiger partial charge in [-0.3, -0.25) is 14.5 Å². The van der Waals surface area contributed by atoms with Gasteiger partial charge < -0.3 is 10.1 Å². The number of hydrogen-bond donors (Lipinski definition) is 1. The van der Waals surface area contributed by atoms with E-state index in [1.807, 2.05) is 17.5 Å². The van der Waals surface area contributed by atoms with E-state index in [1.165, 1.54) is 11.3 Å². The van der Waals surface area contributed by atoms with Crippen molar-refractivity contribution in [2.75, 3.05) is 24.7 Å². The first-order valence-electron chi connectivity index (χ1n) is 9.45. The second-order valence-corrected chi connectivity index (χ2v) is 8.95. The molecule has 8 heteroatoms.